The summed E-state index contributed by atoms with van der Waals surface area (Å²) in [5.74, 6) is -1.61. The van der Waals surface area contributed by atoms with Crippen LogP contribution in [-0.4, -0.2) is 11.1 Å². The first kappa shape index (κ1) is 9.71. The highest BCUT2D eigenvalue weighted by Gasteiger charge is 2.18. The minimum atomic E-state index is -1.12. The summed E-state index contributed by atoms with van der Waals surface area (Å²) in [5, 5.41) is 9.42. The molecule has 0 saturated heterocycles. The van der Waals surface area contributed by atoms with Crippen molar-refractivity contribution in [3.63, 3.8) is 0 Å². The first-order valence-corrected chi connectivity index (χ1v) is 4.57. The van der Waals surface area contributed by atoms with E-state index in [4.69, 9.17) is 9.52 Å². The molecule has 15 heavy (non-hydrogen) atoms. The number of aryl methyl sites for hydroxylation is 1. The van der Waals surface area contributed by atoms with Gasteiger partial charge in [0.05, 0.1) is 0 Å². The van der Waals surface area contributed by atoms with Gasteiger partial charge < -0.3 is 9.52 Å². The maximum atomic E-state index is 13.0. The maximum Gasteiger partial charge on any atom is 0.372 e. The molecule has 1 heterocycles. The summed E-state index contributed by atoms with van der Waals surface area (Å²) in [6.07, 6.45) is 0.498. The van der Waals surface area contributed by atoms with Crippen LogP contribution in [0, 0.1) is 5.82 Å². The molecule has 1 aromatic carbocycles. The number of aromatic carboxylic acids is 1. The van der Waals surface area contributed by atoms with Crippen LogP contribution in [0.5, 0.6) is 0 Å². The summed E-state index contributed by atoms with van der Waals surface area (Å²) in [6, 6.07) is 3.98. The van der Waals surface area contributed by atoms with E-state index < -0.39 is 11.8 Å². The molecule has 0 amide bonds. The van der Waals surface area contributed by atoms with Crippen LogP contribution in [0.1, 0.15) is 23.0 Å². The van der Waals surface area contributed by atoms with Crippen LogP contribution < -0.4 is 0 Å². The van der Waals surface area contributed by atoms with Crippen LogP contribution in [0.15, 0.2) is 22.6 Å². The molecule has 0 aliphatic heterocycles. The lowest BCUT2D eigenvalue weighted by Gasteiger charge is -1.93. The molecule has 1 aromatic heterocycles. The van der Waals surface area contributed by atoms with E-state index in [1.807, 2.05) is 6.92 Å². The first-order chi connectivity index (χ1) is 7.13. The maximum absolute atomic E-state index is 13.0. The van der Waals surface area contributed by atoms with Gasteiger partial charge in [-0.15, -0.1) is 0 Å². The molecule has 0 saturated carbocycles. The first-order valence-electron chi connectivity index (χ1n) is 4.57. The zero-order valence-corrected chi connectivity index (χ0v) is 8.08. The lowest BCUT2D eigenvalue weighted by molar-refractivity contribution is 0.0663. The van der Waals surface area contributed by atoms with Crippen molar-refractivity contribution in [3.8, 4) is 0 Å². The van der Waals surface area contributed by atoms with Crippen LogP contribution in [0.25, 0.3) is 11.0 Å². The summed E-state index contributed by atoms with van der Waals surface area (Å²) in [6.45, 7) is 1.81. The van der Waals surface area contributed by atoms with E-state index in [1.54, 1.807) is 0 Å². The van der Waals surface area contributed by atoms with Crippen molar-refractivity contribution in [2.24, 2.45) is 0 Å². The summed E-state index contributed by atoms with van der Waals surface area (Å²) in [4.78, 5) is 10.8. The molecule has 0 aliphatic rings. The van der Waals surface area contributed by atoms with Gasteiger partial charge in [-0.3, -0.25) is 0 Å². The van der Waals surface area contributed by atoms with Crippen LogP contribution in [-0.2, 0) is 6.42 Å². The number of hydrogen-bond donors (Lipinski definition) is 1. The van der Waals surface area contributed by atoms with E-state index in [0.717, 1.165) is 0 Å². The third-order valence-corrected chi connectivity index (χ3v) is 2.30. The molecule has 0 unspecified atom stereocenters. The molecule has 1 N–H and O–H groups in total. The van der Waals surface area contributed by atoms with Crippen LogP contribution in [0.4, 0.5) is 4.39 Å². The Balaban J connectivity index is 2.79. The average Bonchev–Trinajstić information content (AvgIpc) is 2.55. The van der Waals surface area contributed by atoms with E-state index in [-0.39, 0.29) is 5.76 Å². The zero-order chi connectivity index (χ0) is 11.0. The van der Waals surface area contributed by atoms with Gasteiger partial charge in [-0.1, -0.05) is 6.92 Å². The lowest BCUT2D eigenvalue weighted by Crippen LogP contribution is -1.97. The zero-order valence-electron chi connectivity index (χ0n) is 8.08. The van der Waals surface area contributed by atoms with E-state index in [2.05, 4.69) is 0 Å². The number of fused-ring (bicyclic) bond motifs is 1. The molecule has 2 rings (SSSR count). The molecule has 78 valence electrons. The monoisotopic (exact) mass is 208 g/mol. The Labute approximate surface area is 85.1 Å². The van der Waals surface area contributed by atoms with Gasteiger partial charge in [-0.05, 0) is 24.6 Å². The second-order valence-electron chi connectivity index (χ2n) is 3.21. The number of hydrogen-bond acceptors (Lipinski definition) is 2. The number of furan rings is 1. The van der Waals surface area contributed by atoms with Gasteiger partial charge >= 0.3 is 5.97 Å². The van der Waals surface area contributed by atoms with Gasteiger partial charge in [-0.25, -0.2) is 9.18 Å². The molecular weight excluding hydrogens is 199 g/mol. The molecule has 0 atom stereocenters. The summed E-state index contributed by atoms with van der Waals surface area (Å²) < 4.78 is 18.1. The van der Waals surface area contributed by atoms with Gasteiger partial charge in [-0.2, -0.15) is 0 Å². The van der Waals surface area contributed by atoms with E-state index in [9.17, 15) is 9.18 Å². The fraction of sp³-hybridized carbons (Fsp3) is 0.182. The largest absolute Gasteiger partial charge is 0.475 e. The third-order valence-electron chi connectivity index (χ3n) is 2.30. The Morgan fingerprint density at radius 2 is 2.27 bits per heavy atom. The summed E-state index contributed by atoms with van der Waals surface area (Å²) in [5.41, 5.74) is 0.947. The average molecular weight is 208 g/mol. The fourth-order valence-corrected chi connectivity index (χ4v) is 1.64. The minimum absolute atomic E-state index is 0.0990. The van der Waals surface area contributed by atoms with Crippen molar-refractivity contribution in [1.29, 1.82) is 0 Å². The van der Waals surface area contributed by atoms with Crippen molar-refractivity contribution in [2.75, 3.05) is 0 Å². The van der Waals surface area contributed by atoms with E-state index in [0.29, 0.717) is 23.0 Å². The molecular formula is C11H9FO3. The molecule has 3 nitrogen and oxygen atoms in total. The van der Waals surface area contributed by atoms with E-state index in [1.165, 1.54) is 18.2 Å². The third kappa shape index (κ3) is 1.48. The summed E-state index contributed by atoms with van der Waals surface area (Å²) >= 11 is 0. The standard InChI is InChI=1S/C11H9FO3/c1-2-7-8-5-6(12)3-4-9(8)15-10(7)11(13)14/h3-5H,2H2,1H3,(H,13,14). The van der Waals surface area contributed by atoms with Gasteiger partial charge in [0.2, 0.25) is 5.76 Å². The molecule has 4 heteroatoms. The normalized spacial score (nSPS) is 10.8. The van der Waals surface area contributed by atoms with Crippen molar-refractivity contribution < 1.29 is 18.7 Å². The number of carboxylic acid groups (broad SMARTS) is 1. The molecule has 0 bridgehead atoms. The Morgan fingerprint density at radius 1 is 1.53 bits per heavy atom. The van der Waals surface area contributed by atoms with E-state index >= 15 is 0 Å². The molecule has 0 aliphatic carbocycles. The molecule has 2 aromatic rings. The van der Waals surface area contributed by atoms with Gasteiger partial charge in [0, 0.05) is 10.9 Å². The van der Waals surface area contributed by atoms with Crippen molar-refractivity contribution in [3.05, 3.63) is 35.3 Å². The highest BCUT2D eigenvalue weighted by atomic mass is 19.1. The number of carboxylic acids is 1. The minimum Gasteiger partial charge on any atom is -0.475 e. The van der Waals surface area contributed by atoms with Crippen LogP contribution in [0.2, 0.25) is 0 Å². The van der Waals surface area contributed by atoms with Gasteiger partial charge in [0.25, 0.3) is 0 Å². The van der Waals surface area contributed by atoms with Crippen molar-refractivity contribution in [2.45, 2.75) is 13.3 Å². The van der Waals surface area contributed by atoms with Gasteiger partial charge in [0.15, 0.2) is 0 Å². The second-order valence-corrected chi connectivity index (χ2v) is 3.21. The Kier molecular flexibility index (Phi) is 2.19. The highest BCUT2D eigenvalue weighted by molar-refractivity contribution is 5.95. The van der Waals surface area contributed by atoms with Crippen LogP contribution >= 0.6 is 0 Å². The summed E-state index contributed by atoms with van der Waals surface area (Å²) in [7, 11) is 0. The van der Waals surface area contributed by atoms with Crippen molar-refractivity contribution >= 4 is 16.9 Å². The number of rotatable bonds is 2. The number of carbonyl (C=O) groups is 1. The van der Waals surface area contributed by atoms with Crippen molar-refractivity contribution in [1.82, 2.24) is 0 Å². The Bertz CT molecular complexity index is 528. The lowest BCUT2D eigenvalue weighted by atomic mass is 10.1. The Hall–Kier alpha value is -1.84. The molecule has 0 fully saturated rings. The Morgan fingerprint density at radius 3 is 2.87 bits per heavy atom. The predicted octanol–water partition coefficient (Wildman–Crippen LogP) is 2.83. The number of benzene rings is 1. The SMILES string of the molecule is CCc1c(C(=O)O)oc2ccc(F)cc12. The second kappa shape index (κ2) is 3.38. The van der Waals surface area contributed by atoms with Gasteiger partial charge in [0.1, 0.15) is 11.4 Å². The fourth-order valence-electron chi connectivity index (χ4n) is 1.64. The number of halogens is 1. The molecule has 0 radical (unpaired) electrons. The topological polar surface area (TPSA) is 50.4 Å². The predicted molar refractivity (Wildman–Crippen MR) is 52.5 cm³/mol. The highest BCUT2D eigenvalue weighted by Crippen LogP contribution is 2.27. The quantitative estimate of drug-likeness (QED) is 0.825. The molecule has 0 spiro atoms. The smallest absolute Gasteiger partial charge is 0.372 e. The van der Waals surface area contributed by atoms with Crippen LogP contribution in [0.3, 0.4) is 0 Å².